The smallest absolute Gasteiger partial charge is 0.106 e. The Balaban J connectivity index is 1.80. The molecule has 0 radical (unpaired) electrons. The van der Waals surface area contributed by atoms with Gasteiger partial charge >= 0.3 is 0 Å². The average molecular weight is 211 g/mol. The van der Waals surface area contributed by atoms with Crippen LogP contribution in [0.15, 0.2) is 11.6 Å². The molecule has 0 amide bonds. The van der Waals surface area contributed by atoms with Crippen molar-refractivity contribution in [2.75, 3.05) is 6.54 Å². The fourth-order valence-corrected chi connectivity index (χ4v) is 2.71. The maximum atomic E-state index is 5.72. The predicted molar refractivity (Wildman–Crippen MR) is 59.1 cm³/mol. The summed E-state index contributed by atoms with van der Waals surface area (Å²) in [5.74, 6) is 0.676. The van der Waals surface area contributed by atoms with Gasteiger partial charge in [0.2, 0.25) is 0 Å². The topological polar surface area (TPSA) is 50.9 Å². The largest absolute Gasteiger partial charge is 0.330 e. The van der Waals surface area contributed by atoms with Crippen LogP contribution in [0.2, 0.25) is 0 Å². The van der Waals surface area contributed by atoms with Crippen LogP contribution in [-0.4, -0.2) is 17.6 Å². The third kappa shape index (κ3) is 2.32. The van der Waals surface area contributed by atoms with Crippen molar-refractivity contribution in [2.45, 2.75) is 31.8 Å². The third-order valence-corrected chi connectivity index (χ3v) is 3.74. The minimum atomic E-state index is 0.615. The molecule has 1 aliphatic rings. The van der Waals surface area contributed by atoms with E-state index in [4.69, 9.17) is 5.73 Å². The molecule has 3 N–H and O–H groups in total. The Kier molecular flexibility index (Phi) is 3.50. The standard InChI is InChI=1S/C10H17N3S/c11-6-8-2-1-3-9(8)13-7-10-12-4-5-14-10/h4-5,8-9,13H,1-3,6-7,11H2. The molecule has 1 aliphatic carbocycles. The molecule has 1 heterocycles. The summed E-state index contributed by atoms with van der Waals surface area (Å²) in [5.41, 5.74) is 5.72. The van der Waals surface area contributed by atoms with Crippen molar-refractivity contribution in [3.8, 4) is 0 Å². The van der Waals surface area contributed by atoms with Gasteiger partial charge in [-0.15, -0.1) is 11.3 Å². The molecule has 0 bridgehead atoms. The molecule has 1 aromatic rings. The Morgan fingerprint density at radius 3 is 3.21 bits per heavy atom. The molecule has 1 aromatic heterocycles. The zero-order valence-electron chi connectivity index (χ0n) is 8.28. The summed E-state index contributed by atoms with van der Waals surface area (Å²) in [6, 6.07) is 0.615. The van der Waals surface area contributed by atoms with Gasteiger partial charge in [-0.25, -0.2) is 4.98 Å². The van der Waals surface area contributed by atoms with E-state index in [0.29, 0.717) is 12.0 Å². The molecule has 0 aliphatic heterocycles. The lowest BCUT2D eigenvalue weighted by atomic mass is 10.0. The number of rotatable bonds is 4. The van der Waals surface area contributed by atoms with E-state index in [2.05, 4.69) is 10.3 Å². The van der Waals surface area contributed by atoms with E-state index < -0.39 is 0 Å². The second-order valence-electron chi connectivity index (χ2n) is 3.84. The van der Waals surface area contributed by atoms with Gasteiger partial charge < -0.3 is 11.1 Å². The average Bonchev–Trinajstić information content (AvgIpc) is 2.85. The molecule has 2 unspecified atom stereocenters. The van der Waals surface area contributed by atoms with Crippen LogP contribution in [0.1, 0.15) is 24.3 Å². The first kappa shape index (κ1) is 10.1. The van der Waals surface area contributed by atoms with E-state index >= 15 is 0 Å². The van der Waals surface area contributed by atoms with Crippen LogP contribution in [0.4, 0.5) is 0 Å². The Labute approximate surface area is 88.7 Å². The predicted octanol–water partition coefficient (Wildman–Crippen LogP) is 1.36. The van der Waals surface area contributed by atoms with Crippen LogP contribution in [0.3, 0.4) is 0 Å². The first-order valence-electron chi connectivity index (χ1n) is 5.22. The SMILES string of the molecule is NCC1CCCC1NCc1nccs1. The second kappa shape index (κ2) is 4.87. The monoisotopic (exact) mass is 211 g/mol. The van der Waals surface area contributed by atoms with Gasteiger partial charge in [0.05, 0.1) is 0 Å². The van der Waals surface area contributed by atoms with Gasteiger partial charge in [0.15, 0.2) is 0 Å². The van der Waals surface area contributed by atoms with Crippen LogP contribution < -0.4 is 11.1 Å². The Bertz CT molecular complexity index is 260. The van der Waals surface area contributed by atoms with Crippen LogP contribution in [0.5, 0.6) is 0 Å². The highest BCUT2D eigenvalue weighted by molar-refractivity contribution is 7.09. The third-order valence-electron chi connectivity index (χ3n) is 2.96. The summed E-state index contributed by atoms with van der Waals surface area (Å²) in [6.07, 6.45) is 5.73. The highest BCUT2D eigenvalue weighted by Gasteiger charge is 2.25. The number of nitrogens with zero attached hydrogens (tertiary/aromatic N) is 1. The number of hydrogen-bond acceptors (Lipinski definition) is 4. The molecule has 0 aromatic carbocycles. The summed E-state index contributed by atoms with van der Waals surface area (Å²) in [4.78, 5) is 4.25. The van der Waals surface area contributed by atoms with Crippen LogP contribution in [0, 0.1) is 5.92 Å². The van der Waals surface area contributed by atoms with Crippen LogP contribution in [0.25, 0.3) is 0 Å². The molecule has 0 saturated heterocycles. The van der Waals surface area contributed by atoms with E-state index in [-0.39, 0.29) is 0 Å². The minimum Gasteiger partial charge on any atom is -0.330 e. The summed E-state index contributed by atoms with van der Waals surface area (Å²) >= 11 is 1.71. The second-order valence-corrected chi connectivity index (χ2v) is 4.82. The lowest BCUT2D eigenvalue weighted by Crippen LogP contribution is -2.35. The number of nitrogens with two attached hydrogens (primary N) is 1. The first-order chi connectivity index (χ1) is 6.90. The highest BCUT2D eigenvalue weighted by atomic mass is 32.1. The quantitative estimate of drug-likeness (QED) is 0.790. The van der Waals surface area contributed by atoms with E-state index in [1.807, 2.05) is 11.6 Å². The van der Waals surface area contributed by atoms with E-state index in [1.54, 1.807) is 11.3 Å². The van der Waals surface area contributed by atoms with Gasteiger partial charge in [-0.3, -0.25) is 0 Å². The van der Waals surface area contributed by atoms with Crippen molar-refractivity contribution in [1.29, 1.82) is 0 Å². The minimum absolute atomic E-state index is 0.615. The Morgan fingerprint density at radius 2 is 2.50 bits per heavy atom. The summed E-state index contributed by atoms with van der Waals surface area (Å²) in [7, 11) is 0. The number of aromatic nitrogens is 1. The molecule has 14 heavy (non-hydrogen) atoms. The van der Waals surface area contributed by atoms with Crippen molar-refractivity contribution >= 4 is 11.3 Å². The Hall–Kier alpha value is -0.450. The Morgan fingerprint density at radius 1 is 1.57 bits per heavy atom. The van der Waals surface area contributed by atoms with Crippen molar-refractivity contribution in [3.63, 3.8) is 0 Å². The summed E-state index contributed by atoms with van der Waals surface area (Å²) in [6.45, 7) is 1.72. The van der Waals surface area contributed by atoms with Gasteiger partial charge in [-0.05, 0) is 25.3 Å². The van der Waals surface area contributed by atoms with Gasteiger partial charge in [-0.2, -0.15) is 0 Å². The van der Waals surface area contributed by atoms with Gasteiger partial charge in [0.25, 0.3) is 0 Å². The maximum Gasteiger partial charge on any atom is 0.106 e. The molecule has 3 nitrogen and oxygen atoms in total. The number of hydrogen-bond donors (Lipinski definition) is 2. The normalized spacial score (nSPS) is 26.9. The maximum absolute atomic E-state index is 5.72. The van der Waals surface area contributed by atoms with Crippen molar-refractivity contribution < 1.29 is 0 Å². The van der Waals surface area contributed by atoms with Crippen molar-refractivity contribution in [1.82, 2.24) is 10.3 Å². The number of nitrogens with one attached hydrogen (secondary N) is 1. The molecule has 1 saturated carbocycles. The van der Waals surface area contributed by atoms with E-state index in [1.165, 1.54) is 24.3 Å². The van der Waals surface area contributed by atoms with Crippen molar-refractivity contribution in [3.05, 3.63) is 16.6 Å². The van der Waals surface area contributed by atoms with Gasteiger partial charge in [-0.1, -0.05) is 6.42 Å². The molecular weight excluding hydrogens is 194 g/mol. The van der Waals surface area contributed by atoms with Gasteiger partial charge in [0, 0.05) is 24.2 Å². The van der Waals surface area contributed by atoms with E-state index in [9.17, 15) is 0 Å². The summed E-state index contributed by atoms with van der Waals surface area (Å²) < 4.78 is 0. The molecule has 0 spiro atoms. The zero-order valence-corrected chi connectivity index (χ0v) is 9.09. The molecule has 1 fully saturated rings. The number of thiazole rings is 1. The molecular formula is C10H17N3S. The first-order valence-corrected chi connectivity index (χ1v) is 6.10. The molecule has 2 rings (SSSR count). The lowest BCUT2D eigenvalue weighted by molar-refractivity contribution is 0.406. The van der Waals surface area contributed by atoms with Crippen LogP contribution >= 0.6 is 11.3 Å². The van der Waals surface area contributed by atoms with Crippen molar-refractivity contribution in [2.24, 2.45) is 11.7 Å². The fourth-order valence-electron chi connectivity index (χ4n) is 2.15. The molecule has 2 atom stereocenters. The molecule has 78 valence electrons. The van der Waals surface area contributed by atoms with Gasteiger partial charge in [0.1, 0.15) is 5.01 Å². The highest BCUT2D eigenvalue weighted by Crippen LogP contribution is 2.24. The zero-order chi connectivity index (χ0) is 9.80. The lowest BCUT2D eigenvalue weighted by Gasteiger charge is -2.18. The fraction of sp³-hybridized carbons (Fsp3) is 0.700. The van der Waals surface area contributed by atoms with Crippen LogP contribution in [-0.2, 0) is 6.54 Å². The summed E-state index contributed by atoms with van der Waals surface area (Å²) in [5, 5.41) is 6.75. The van der Waals surface area contributed by atoms with E-state index in [0.717, 1.165) is 13.1 Å². The molecule has 4 heteroatoms.